The molecule has 4 rings (SSSR count). The monoisotopic (exact) mass is 430 g/mol. The average Bonchev–Trinajstić information content (AvgIpc) is 3.07. The highest BCUT2D eigenvalue weighted by Crippen LogP contribution is 2.34. The topological polar surface area (TPSA) is 70.0 Å². The fourth-order valence-corrected chi connectivity index (χ4v) is 5.13. The van der Waals surface area contributed by atoms with Crippen molar-refractivity contribution in [3.05, 3.63) is 41.2 Å². The second kappa shape index (κ2) is 8.63. The van der Waals surface area contributed by atoms with Gasteiger partial charge in [0.25, 0.3) is 5.91 Å². The van der Waals surface area contributed by atoms with E-state index < -0.39 is 0 Å². The van der Waals surface area contributed by atoms with Crippen molar-refractivity contribution >= 4 is 23.6 Å². The van der Waals surface area contributed by atoms with Gasteiger partial charge in [-0.2, -0.15) is 11.8 Å². The van der Waals surface area contributed by atoms with Crippen molar-refractivity contribution in [1.82, 2.24) is 9.47 Å². The number of rotatable bonds is 4. The van der Waals surface area contributed by atoms with Crippen LogP contribution in [0.3, 0.4) is 0 Å². The van der Waals surface area contributed by atoms with Crippen molar-refractivity contribution in [2.45, 2.75) is 26.3 Å². The second-order valence-corrected chi connectivity index (χ2v) is 8.61. The molecule has 7 nitrogen and oxygen atoms in total. The molecule has 0 radical (unpaired) electrons. The predicted octanol–water partition coefficient (Wildman–Crippen LogP) is 2.99. The lowest BCUT2D eigenvalue weighted by Crippen LogP contribution is -2.47. The lowest BCUT2D eigenvalue weighted by atomic mass is 10.1. The van der Waals surface area contributed by atoms with E-state index in [-0.39, 0.29) is 24.3 Å². The van der Waals surface area contributed by atoms with Gasteiger partial charge in [-0.15, -0.1) is 0 Å². The molecule has 1 aromatic carbocycles. The molecule has 2 aliphatic rings. The molecule has 2 aliphatic heterocycles. The number of nitrogens with zero attached hydrogens (tertiary/aromatic N) is 2. The largest absolute Gasteiger partial charge is 0.486 e. The zero-order valence-corrected chi connectivity index (χ0v) is 18.3. The number of fused-ring (bicyclic) bond motifs is 1. The van der Waals surface area contributed by atoms with Crippen LogP contribution in [0.15, 0.2) is 24.3 Å². The summed E-state index contributed by atoms with van der Waals surface area (Å²) >= 11 is 1.76. The number of aryl methyl sites for hydroxylation is 1. The first-order valence-electron chi connectivity index (χ1n) is 10.0. The molecule has 8 heteroatoms. The van der Waals surface area contributed by atoms with Gasteiger partial charge >= 0.3 is 5.97 Å². The molecule has 1 aromatic heterocycles. The highest BCUT2D eigenvalue weighted by Gasteiger charge is 2.31. The van der Waals surface area contributed by atoms with Crippen molar-refractivity contribution in [3.8, 4) is 17.2 Å². The normalized spacial score (nSPS) is 18.2. The Bertz CT molecular complexity index is 971. The average molecular weight is 431 g/mol. The number of aromatic nitrogens is 1. The fourth-order valence-electron chi connectivity index (χ4n) is 4.07. The maximum Gasteiger partial charge on any atom is 0.307 e. The summed E-state index contributed by atoms with van der Waals surface area (Å²) < 4.78 is 18.2. The first-order chi connectivity index (χ1) is 14.5. The number of carbonyl (C=O) groups is 2. The van der Waals surface area contributed by atoms with Gasteiger partial charge in [0.05, 0.1) is 25.1 Å². The molecular formula is C22H26N2O5S. The molecular weight excluding hydrogens is 404 g/mol. The second-order valence-electron chi connectivity index (χ2n) is 7.46. The van der Waals surface area contributed by atoms with Gasteiger partial charge in [0.1, 0.15) is 13.2 Å². The summed E-state index contributed by atoms with van der Waals surface area (Å²) in [5.74, 6) is 2.72. The third-order valence-electron chi connectivity index (χ3n) is 5.56. The van der Waals surface area contributed by atoms with E-state index in [0.29, 0.717) is 31.1 Å². The molecule has 0 unspecified atom stereocenters. The number of hydrogen-bond acceptors (Lipinski definition) is 6. The van der Waals surface area contributed by atoms with Crippen LogP contribution < -0.4 is 9.47 Å². The third kappa shape index (κ3) is 3.88. The number of hydrogen-bond donors (Lipinski definition) is 0. The Kier molecular flexibility index (Phi) is 5.94. The number of thioether (sulfide) groups is 1. The van der Waals surface area contributed by atoms with E-state index in [1.165, 1.54) is 7.11 Å². The number of esters is 1. The van der Waals surface area contributed by atoms with E-state index in [2.05, 4.69) is 4.57 Å². The summed E-state index contributed by atoms with van der Waals surface area (Å²) in [6.07, 6.45) is 0.218. The molecule has 1 amide bonds. The van der Waals surface area contributed by atoms with Gasteiger partial charge in [0, 0.05) is 41.2 Å². The van der Waals surface area contributed by atoms with Crippen LogP contribution in [0.2, 0.25) is 0 Å². The standard InChI is InChI=1S/C22H26N2O5S/c1-14-10-18(22(26)23-6-9-30-13-17(23)12-21(25)27-3)15(2)24(14)16-4-5-19-20(11-16)29-8-7-28-19/h4-5,10-11,17H,6-9,12-13H2,1-3H3/t17-/m1/s1. The molecule has 0 bridgehead atoms. The van der Waals surface area contributed by atoms with Crippen LogP contribution in [0, 0.1) is 13.8 Å². The summed E-state index contributed by atoms with van der Waals surface area (Å²) in [6, 6.07) is 7.59. The van der Waals surface area contributed by atoms with Gasteiger partial charge in [-0.25, -0.2) is 0 Å². The first kappa shape index (κ1) is 20.7. The fraction of sp³-hybridized carbons (Fsp3) is 0.455. The first-order valence-corrected chi connectivity index (χ1v) is 11.2. The van der Waals surface area contributed by atoms with Crippen LogP contribution in [0.4, 0.5) is 0 Å². The maximum atomic E-state index is 13.4. The van der Waals surface area contributed by atoms with Gasteiger partial charge in [0.15, 0.2) is 11.5 Å². The number of ether oxygens (including phenoxy) is 3. The Morgan fingerprint density at radius 2 is 1.93 bits per heavy atom. The summed E-state index contributed by atoms with van der Waals surface area (Å²) in [7, 11) is 1.38. The third-order valence-corrected chi connectivity index (χ3v) is 6.66. The predicted molar refractivity (Wildman–Crippen MR) is 115 cm³/mol. The van der Waals surface area contributed by atoms with Crippen LogP contribution in [-0.4, -0.2) is 65.8 Å². The molecule has 1 atom stereocenters. The van der Waals surface area contributed by atoms with Crippen LogP contribution in [0.25, 0.3) is 5.69 Å². The van der Waals surface area contributed by atoms with E-state index in [9.17, 15) is 9.59 Å². The minimum absolute atomic E-state index is 0.0407. The lowest BCUT2D eigenvalue weighted by Gasteiger charge is -2.35. The Labute approximate surface area is 180 Å². The number of amides is 1. The molecule has 2 aromatic rings. The summed E-state index contributed by atoms with van der Waals surface area (Å²) in [5, 5.41) is 0. The van der Waals surface area contributed by atoms with Crippen molar-refractivity contribution in [3.63, 3.8) is 0 Å². The highest BCUT2D eigenvalue weighted by molar-refractivity contribution is 7.99. The van der Waals surface area contributed by atoms with Crippen LogP contribution in [0.5, 0.6) is 11.5 Å². The molecule has 0 N–H and O–H groups in total. The number of benzene rings is 1. The molecule has 0 aliphatic carbocycles. The van der Waals surface area contributed by atoms with E-state index in [1.807, 2.05) is 43.0 Å². The molecule has 3 heterocycles. The van der Waals surface area contributed by atoms with Crippen molar-refractivity contribution in [2.24, 2.45) is 0 Å². The Morgan fingerprint density at radius 1 is 1.17 bits per heavy atom. The van der Waals surface area contributed by atoms with E-state index >= 15 is 0 Å². The van der Waals surface area contributed by atoms with Crippen LogP contribution in [-0.2, 0) is 9.53 Å². The molecule has 1 fully saturated rings. The molecule has 30 heavy (non-hydrogen) atoms. The quantitative estimate of drug-likeness (QED) is 0.695. The summed E-state index contributed by atoms with van der Waals surface area (Å²) in [5.41, 5.74) is 3.41. The minimum atomic E-state index is -0.290. The number of methoxy groups -OCH3 is 1. The van der Waals surface area contributed by atoms with Gasteiger partial charge in [-0.1, -0.05) is 0 Å². The van der Waals surface area contributed by atoms with Crippen molar-refractivity contribution < 1.29 is 23.8 Å². The van der Waals surface area contributed by atoms with Gasteiger partial charge < -0.3 is 23.7 Å². The Morgan fingerprint density at radius 3 is 2.70 bits per heavy atom. The Balaban J connectivity index is 1.64. The minimum Gasteiger partial charge on any atom is -0.486 e. The summed E-state index contributed by atoms with van der Waals surface area (Å²) in [6.45, 7) is 5.63. The van der Waals surface area contributed by atoms with E-state index in [4.69, 9.17) is 14.2 Å². The maximum absolute atomic E-state index is 13.4. The molecule has 0 spiro atoms. The zero-order chi connectivity index (χ0) is 21.3. The molecule has 160 valence electrons. The smallest absolute Gasteiger partial charge is 0.307 e. The Hall–Kier alpha value is -2.61. The number of carbonyl (C=O) groups excluding carboxylic acids is 2. The highest BCUT2D eigenvalue weighted by atomic mass is 32.2. The zero-order valence-electron chi connectivity index (χ0n) is 17.5. The van der Waals surface area contributed by atoms with Gasteiger partial charge in [-0.05, 0) is 32.0 Å². The summed E-state index contributed by atoms with van der Waals surface area (Å²) in [4.78, 5) is 27.1. The molecule has 0 saturated carbocycles. The van der Waals surface area contributed by atoms with Crippen molar-refractivity contribution in [1.29, 1.82) is 0 Å². The van der Waals surface area contributed by atoms with Gasteiger partial charge in [-0.3, -0.25) is 9.59 Å². The lowest BCUT2D eigenvalue weighted by molar-refractivity contribution is -0.141. The van der Waals surface area contributed by atoms with Crippen LogP contribution >= 0.6 is 11.8 Å². The SMILES string of the molecule is COC(=O)C[C@@H]1CSCCN1C(=O)c1cc(C)n(-c2ccc3c(c2)OCCO3)c1C. The van der Waals surface area contributed by atoms with Crippen LogP contribution in [0.1, 0.15) is 28.2 Å². The van der Waals surface area contributed by atoms with E-state index in [0.717, 1.165) is 34.3 Å². The van der Waals surface area contributed by atoms with Crippen molar-refractivity contribution in [2.75, 3.05) is 38.4 Å². The van der Waals surface area contributed by atoms with E-state index in [1.54, 1.807) is 11.8 Å². The molecule has 1 saturated heterocycles. The van der Waals surface area contributed by atoms with Gasteiger partial charge in [0.2, 0.25) is 0 Å².